The topological polar surface area (TPSA) is 98.0 Å². The van der Waals surface area contributed by atoms with E-state index in [9.17, 15) is 14.9 Å². The maximum Gasteiger partial charge on any atom is 0.271 e. The predicted molar refractivity (Wildman–Crippen MR) is 103 cm³/mol. The number of nitrogens with one attached hydrogen (secondary N) is 1. The molecule has 2 rings (SSSR count). The number of carbonyl (C=O) groups is 1. The molecule has 0 atom stereocenters. The molecule has 0 unspecified atom stereocenters. The molecule has 0 radical (unpaired) electrons. The Hall–Kier alpha value is -1.36. The predicted octanol–water partition coefficient (Wildman–Crippen LogP) is 4.72. The molecule has 1 N–H and O–H groups in total. The van der Waals surface area contributed by atoms with Gasteiger partial charge in [-0.15, -0.1) is 10.2 Å². The number of anilines is 1. The molecule has 0 aliphatic carbocycles. The van der Waals surface area contributed by atoms with Crippen LogP contribution in [0.4, 0.5) is 11.4 Å². The summed E-state index contributed by atoms with van der Waals surface area (Å²) < 4.78 is 1.59. The number of nitrogens with zero attached hydrogens (tertiary/aromatic N) is 3. The Morgan fingerprint density at radius 1 is 1.36 bits per heavy atom. The highest BCUT2D eigenvalue weighted by molar-refractivity contribution is 8.03. The van der Waals surface area contributed by atoms with Crippen LogP contribution in [0.1, 0.15) is 19.8 Å². The second-order valence-corrected chi connectivity index (χ2v) is 8.74. The molecular formula is C14H15ClN4O3S3. The summed E-state index contributed by atoms with van der Waals surface area (Å²) in [5.41, 5.74) is 0.0831. The lowest BCUT2D eigenvalue weighted by molar-refractivity contribution is -0.384. The van der Waals surface area contributed by atoms with Crippen LogP contribution in [0.2, 0.25) is 5.02 Å². The number of hydrogen-bond donors (Lipinski definition) is 1. The number of non-ortho nitro benzene ring substituents is 1. The van der Waals surface area contributed by atoms with Gasteiger partial charge in [-0.2, -0.15) is 0 Å². The lowest BCUT2D eigenvalue weighted by atomic mass is 10.3. The fraction of sp³-hybridized carbons (Fsp3) is 0.357. The number of thioether (sulfide) groups is 2. The molecule has 134 valence electrons. The third-order valence-electron chi connectivity index (χ3n) is 2.87. The summed E-state index contributed by atoms with van der Waals surface area (Å²) in [5.74, 6) is 0.803. The summed E-state index contributed by atoms with van der Waals surface area (Å²) >= 11 is 10.3. The molecule has 2 aromatic rings. The Morgan fingerprint density at radius 3 is 2.76 bits per heavy atom. The van der Waals surface area contributed by atoms with Crippen LogP contribution < -0.4 is 5.32 Å². The molecule has 25 heavy (non-hydrogen) atoms. The Labute approximate surface area is 162 Å². The number of nitro groups is 1. The highest BCUT2D eigenvalue weighted by Crippen LogP contribution is 2.30. The van der Waals surface area contributed by atoms with Crippen molar-refractivity contribution in [2.24, 2.45) is 0 Å². The van der Waals surface area contributed by atoms with Crippen molar-refractivity contribution < 1.29 is 9.72 Å². The minimum absolute atomic E-state index is 0.118. The van der Waals surface area contributed by atoms with E-state index in [0.29, 0.717) is 4.34 Å². The molecule has 0 bridgehead atoms. The first-order valence-corrected chi connectivity index (χ1v) is 10.5. The van der Waals surface area contributed by atoms with E-state index < -0.39 is 4.92 Å². The van der Waals surface area contributed by atoms with Crippen LogP contribution in [0.5, 0.6) is 0 Å². The Kier molecular flexibility index (Phi) is 7.94. The number of nitro benzene ring substituents is 1. The molecule has 1 heterocycles. The standard InChI is InChI=1S/C14H15ClN4O3S3/c1-2-3-6-23-13-17-18-14(25-13)24-8-12(20)16-11-7-9(19(21)22)4-5-10(11)15/h4-5,7H,2-3,6,8H2,1H3,(H,16,20). The lowest BCUT2D eigenvalue weighted by Crippen LogP contribution is -2.14. The molecule has 0 saturated heterocycles. The molecule has 0 aliphatic rings. The van der Waals surface area contributed by atoms with Crippen LogP contribution >= 0.6 is 46.5 Å². The first-order chi connectivity index (χ1) is 12.0. The van der Waals surface area contributed by atoms with Crippen molar-refractivity contribution in [3.05, 3.63) is 33.3 Å². The molecule has 1 amide bonds. The van der Waals surface area contributed by atoms with E-state index in [2.05, 4.69) is 22.4 Å². The van der Waals surface area contributed by atoms with Crippen LogP contribution in [0.15, 0.2) is 26.9 Å². The van der Waals surface area contributed by atoms with Gasteiger partial charge in [-0.05, 0) is 12.5 Å². The van der Waals surface area contributed by atoms with Crippen molar-refractivity contribution in [2.75, 3.05) is 16.8 Å². The van der Waals surface area contributed by atoms with Gasteiger partial charge in [0.05, 0.1) is 21.4 Å². The second-order valence-electron chi connectivity index (χ2n) is 4.79. The van der Waals surface area contributed by atoms with Gasteiger partial charge in [-0.1, -0.05) is 59.8 Å². The fourth-order valence-electron chi connectivity index (χ4n) is 1.65. The van der Waals surface area contributed by atoms with Gasteiger partial charge >= 0.3 is 0 Å². The number of aromatic nitrogens is 2. The zero-order chi connectivity index (χ0) is 18.2. The third kappa shape index (κ3) is 6.46. The largest absolute Gasteiger partial charge is 0.324 e. The minimum atomic E-state index is -0.542. The van der Waals surface area contributed by atoms with Gasteiger partial charge < -0.3 is 5.32 Å². The van der Waals surface area contributed by atoms with Crippen molar-refractivity contribution in [3.8, 4) is 0 Å². The van der Waals surface area contributed by atoms with Gasteiger partial charge in [0.2, 0.25) is 5.91 Å². The summed E-state index contributed by atoms with van der Waals surface area (Å²) in [6, 6.07) is 3.90. The molecular weight excluding hydrogens is 404 g/mol. The quantitative estimate of drug-likeness (QED) is 0.272. The van der Waals surface area contributed by atoms with Gasteiger partial charge in [-0.3, -0.25) is 14.9 Å². The monoisotopic (exact) mass is 418 g/mol. The normalized spacial score (nSPS) is 10.6. The van der Waals surface area contributed by atoms with E-state index >= 15 is 0 Å². The molecule has 0 spiro atoms. The van der Waals surface area contributed by atoms with Crippen molar-refractivity contribution in [3.63, 3.8) is 0 Å². The lowest BCUT2D eigenvalue weighted by Gasteiger charge is -2.06. The van der Waals surface area contributed by atoms with Gasteiger partial charge in [0, 0.05) is 17.9 Å². The molecule has 11 heteroatoms. The number of hydrogen-bond acceptors (Lipinski definition) is 8. The van der Waals surface area contributed by atoms with Crippen LogP contribution in [-0.4, -0.2) is 32.5 Å². The highest BCUT2D eigenvalue weighted by atomic mass is 35.5. The maximum absolute atomic E-state index is 12.0. The van der Waals surface area contributed by atoms with E-state index in [1.54, 1.807) is 11.8 Å². The van der Waals surface area contributed by atoms with Crippen LogP contribution in [-0.2, 0) is 4.79 Å². The van der Waals surface area contributed by atoms with Gasteiger partial charge in [0.1, 0.15) is 0 Å². The smallest absolute Gasteiger partial charge is 0.271 e. The van der Waals surface area contributed by atoms with E-state index in [4.69, 9.17) is 11.6 Å². The van der Waals surface area contributed by atoms with Crippen molar-refractivity contribution >= 4 is 63.7 Å². The molecule has 0 saturated carbocycles. The molecule has 1 aromatic carbocycles. The average Bonchev–Trinajstić information content (AvgIpc) is 3.03. The first kappa shape index (κ1) is 20.0. The van der Waals surface area contributed by atoms with Gasteiger partial charge in [-0.25, -0.2) is 0 Å². The van der Waals surface area contributed by atoms with Crippen LogP contribution in [0.3, 0.4) is 0 Å². The van der Waals surface area contributed by atoms with E-state index in [1.165, 1.54) is 41.3 Å². The summed E-state index contributed by atoms with van der Waals surface area (Å²) in [6.07, 6.45) is 2.26. The maximum atomic E-state index is 12.0. The summed E-state index contributed by atoms with van der Waals surface area (Å²) in [7, 11) is 0. The SMILES string of the molecule is CCCCSc1nnc(SCC(=O)Nc2cc([N+](=O)[O-])ccc2Cl)s1. The zero-order valence-electron chi connectivity index (χ0n) is 13.2. The molecule has 1 aromatic heterocycles. The Balaban J connectivity index is 1.87. The Bertz CT molecular complexity index is 757. The van der Waals surface area contributed by atoms with E-state index in [1.807, 2.05) is 0 Å². The molecule has 7 nitrogen and oxygen atoms in total. The van der Waals surface area contributed by atoms with E-state index in [-0.39, 0.29) is 28.1 Å². The van der Waals surface area contributed by atoms with E-state index in [0.717, 1.165) is 22.9 Å². The minimum Gasteiger partial charge on any atom is -0.324 e. The third-order valence-corrected chi connectivity index (χ3v) is 6.48. The van der Waals surface area contributed by atoms with Crippen LogP contribution in [0.25, 0.3) is 0 Å². The number of halogens is 1. The number of carbonyl (C=O) groups excluding carboxylic acids is 1. The number of unbranched alkanes of at least 4 members (excludes halogenated alkanes) is 1. The average molecular weight is 419 g/mol. The first-order valence-electron chi connectivity index (χ1n) is 7.32. The molecule has 0 aliphatic heterocycles. The van der Waals surface area contributed by atoms with Gasteiger partial charge in [0.25, 0.3) is 5.69 Å². The fourth-order valence-corrected chi connectivity index (χ4v) is 4.79. The number of rotatable bonds is 9. The number of benzene rings is 1. The summed E-state index contributed by atoms with van der Waals surface area (Å²) in [6.45, 7) is 2.13. The highest BCUT2D eigenvalue weighted by Gasteiger charge is 2.13. The van der Waals surface area contributed by atoms with Crippen molar-refractivity contribution in [1.82, 2.24) is 10.2 Å². The molecule has 0 fully saturated rings. The zero-order valence-corrected chi connectivity index (χ0v) is 16.4. The van der Waals surface area contributed by atoms with Gasteiger partial charge in [0.15, 0.2) is 8.68 Å². The van der Waals surface area contributed by atoms with Crippen molar-refractivity contribution in [1.29, 1.82) is 0 Å². The summed E-state index contributed by atoms with van der Waals surface area (Å²) in [5, 5.41) is 21.7. The van der Waals surface area contributed by atoms with Crippen molar-refractivity contribution in [2.45, 2.75) is 28.4 Å². The second kappa shape index (κ2) is 9.95. The van der Waals surface area contributed by atoms with Crippen LogP contribution in [0, 0.1) is 10.1 Å². The summed E-state index contributed by atoms with van der Waals surface area (Å²) in [4.78, 5) is 22.3. The number of amides is 1. The Morgan fingerprint density at radius 2 is 2.08 bits per heavy atom.